The van der Waals surface area contributed by atoms with E-state index in [0.29, 0.717) is 11.5 Å². The molecule has 1 aliphatic heterocycles. The zero-order valence-electron chi connectivity index (χ0n) is 10.4. The lowest BCUT2D eigenvalue weighted by Gasteiger charge is -2.39. The SMILES string of the molecule is CCNC1C=C(N2C=CNN2)CCC1(C)C. The van der Waals surface area contributed by atoms with Crippen LogP contribution in [0.3, 0.4) is 0 Å². The van der Waals surface area contributed by atoms with Crippen LogP contribution in [0.1, 0.15) is 33.6 Å². The molecule has 0 radical (unpaired) electrons. The van der Waals surface area contributed by atoms with Crippen molar-refractivity contribution in [3.05, 3.63) is 24.2 Å². The Morgan fingerprint density at radius 1 is 1.56 bits per heavy atom. The first-order chi connectivity index (χ1) is 7.63. The largest absolute Gasteiger partial charge is 0.310 e. The minimum Gasteiger partial charge on any atom is -0.310 e. The minimum absolute atomic E-state index is 0.344. The maximum atomic E-state index is 3.55. The van der Waals surface area contributed by atoms with Gasteiger partial charge < -0.3 is 10.7 Å². The van der Waals surface area contributed by atoms with Crippen molar-refractivity contribution in [2.45, 2.75) is 39.7 Å². The Hall–Kier alpha value is -1.00. The maximum absolute atomic E-state index is 3.55. The lowest BCUT2D eigenvalue weighted by atomic mass is 9.75. The first-order valence-electron chi connectivity index (χ1n) is 6.04. The second kappa shape index (κ2) is 4.47. The molecule has 0 aromatic heterocycles. The van der Waals surface area contributed by atoms with Crippen molar-refractivity contribution >= 4 is 0 Å². The van der Waals surface area contributed by atoms with E-state index in [1.165, 1.54) is 12.1 Å². The average molecular weight is 222 g/mol. The minimum atomic E-state index is 0.344. The van der Waals surface area contributed by atoms with E-state index in [4.69, 9.17) is 0 Å². The van der Waals surface area contributed by atoms with Crippen molar-refractivity contribution in [2.24, 2.45) is 5.41 Å². The van der Waals surface area contributed by atoms with Crippen LogP contribution in [0.4, 0.5) is 0 Å². The summed E-state index contributed by atoms with van der Waals surface area (Å²) in [5, 5.41) is 5.61. The molecule has 0 amide bonds. The maximum Gasteiger partial charge on any atom is 0.0402 e. The monoisotopic (exact) mass is 222 g/mol. The molecule has 16 heavy (non-hydrogen) atoms. The first-order valence-corrected chi connectivity index (χ1v) is 6.04. The molecular formula is C12H22N4. The van der Waals surface area contributed by atoms with E-state index in [0.717, 1.165) is 13.0 Å². The Kier molecular flexibility index (Phi) is 3.21. The normalized spacial score (nSPS) is 27.8. The quantitative estimate of drug-likeness (QED) is 0.676. The predicted molar refractivity (Wildman–Crippen MR) is 65.8 cm³/mol. The van der Waals surface area contributed by atoms with Gasteiger partial charge in [-0.15, -0.1) is 5.53 Å². The number of allylic oxidation sites excluding steroid dienone is 1. The smallest absolute Gasteiger partial charge is 0.0402 e. The van der Waals surface area contributed by atoms with Gasteiger partial charge in [0.2, 0.25) is 0 Å². The number of rotatable bonds is 3. The van der Waals surface area contributed by atoms with Gasteiger partial charge in [-0.25, -0.2) is 0 Å². The highest BCUT2D eigenvalue weighted by Gasteiger charge is 2.32. The number of nitrogens with zero attached hydrogens (tertiary/aromatic N) is 1. The molecule has 2 rings (SSSR count). The summed E-state index contributed by atoms with van der Waals surface area (Å²) >= 11 is 0. The van der Waals surface area contributed by atoms with Gasteiger partial charge in [0, 0.05) is 24.1 Å². The van der Waals surface area contributed by atoms with Gasteiger partial charge in [0.25, 0.3) is 0 Å². The number of likely N-dealkylation sites (N-methyl/N-ethyl adjacent to an activating group) is 1. The standard InChI is InChI=1S/C12H22N4/c1-4-13-11-9-10(5-6-12(11,2)3)16-8-7-14-15-16/h7-9,11,13-15H,4-6H2,1-3H3. The fourth-order valence-corrected chi connectivity index (χ4v) is 2.29. The summed E-state index contributed by atoms with van der Waals surface area (Å²) in [5.74, 6) is 0. The summed E-state index contributed by atoms with van der Waals surface area (Å²) < 4.78 is 0. The fourth-order valence-electron chi connectivity index (χ4n) is 2.29. The third-order valence-electron chi connectivity index (χ3n) is 3.45. The Balaban J connectivity index is 2.12. The molecule has 3 N–H and O–H groups in total. The highest BCUT2D eigenvalue weighted by Crippen LogP contribution is 2.35. The van der Waals surface area contributed by atoms with Gasteiger partial charge in [-0.2, -0.15) is 0 Å². The fraction of sp³-hybridized carbons (Fsp3) is 0.667. The zero-order chi connectivity index (χ0) is 11.6. The van der Waals surface area contributed by atoms with Crippen LogP contribution in [0.5, 0.6) is 0 Å². The summed E-state index contributed by atoms with van der Waals surface area (Å²) in [4.78, 5) is 0. The lowest BCUT2D eigenvalue weighted by molar-refractivity contribution is 0.218. The predicted octanol–water partition coefficient (Wildman–Crippen LogP) is 1.46. The van der Waals surface area contributed by atoms with Crippen molar-refractivity contribution in [3.8, 4) is 0 Å². The summed E-state index contributed by atoms with van der Waals surface area (Å²) in [5.41, 5.74) is 7.75. The zero-order valence-corrected chi connectivity index (χ0v) is 10.4. The molecule has 4 nitrogen and oxygen atoms in total. The van der Waals surface area contributed by atoms with Crippen molar-refractivity contribution < 1.29 is 0 Å². The van der Waals surface area contributed by atoms with Gasteiger partial charge in [-0.1, -0.05) is 20.8 Å². The van der Waals surface area contributed by atoms with Gasteiger partial charge in [0.1, 0.15) is 0 Å². The average Bonchev–Trinajstić information content (AvgIpc) is 2.74. The second-order valence-corrected chi connectivity index (χ2v) is 5.12. The first kappa shape index (κ1) is 11.5. The summed E-state index contributed by atoms with van der Waals surface area (Å²) in [6.45, 7) is 7.84. The number of nitrogens with one attached hydrogen (secondary N) is 3. The van der Waals surface area contributed by atoms with Crippen LogP contribution in [-0.4, -0.2) is 17.6 Å². The van der Waals surface area contributed by atoms with Gasteiger partial charge in [0.05, 0.1) is 0 Å². The number of hydrogen-bond donors (Lipinski definition) is 3. The molecule has 0 fully saturated rings. The van der Waals surface area contributed by atoms with Crippen LogP contribution in [0.2, 0.25) is 0 Å². The van der Waals surface area contributed by atoms with Gasteiger partial charge in [-0.05, 0) is 30.9 Å². The van der Waals surface area contributed by atoms with E-state index in [1.807, 2.05) is 12.4 Å². The van der Waals surface area contributed by atoms with E-state index in [-0.39, 0.29) is 0 Å². The van der Waals surface area contributed by atoms with Crippen molar-refractivity contribution in [1.29, 1.82) is 0 Å². The Bertz CT molecular complexity index is 306. The highest BCUT2D eigenvalue weighted by atomic mass is 15.7. The van der Waals surface area contributed by atoms with Crippen molar-refractivity contribution in [2.75, 3.05) is 6.54 Å². The van der Waals surface area contributed by atoms with E-state index in [1.54, 1.807) is 0 Å². The Labute approximate surface area is 97.7 Å². The van der Waals surface area contributed by atoms with Crippen LogP contribution in [0.15, 0.2) is 24.2 Å². The molecule has 1 unspecified atom stereocenters. The van der Waals surface area contributed by atoms with Crippen LogP contribution in [0, 0.1) is 5.41 Å². The van der Waals surface area contributed by atoms with Crippen LogP contribution < -0.4 is 16.3 Å². The summed E-state index contributed by atoms with van der Waals surface area (Å²) in [7, 11) is 0. The molecule has 0 saturated heterocycles. The van der Waals surface area contributed by atoms with E-state index >= 15 is 0 Å². The number of hydrogen-bond acceptors (Lipinski definition) is 4. The molecule has 0 spiro atoms. The van der Waals surface area contributed by atoms with Crippen LogP contribution >= 0.6 is 0 Å². The lowest BCUT2D eigenvalue weighted by Crippen LogP contribution is -2.45. The topological polar surface area (TPSA) is 39.3 Å². The van der Waals surface area contributed by atoms with Crippen LogP contribution in [-0.2, 0) is 0 Å². The van der Waals surface area contributed by atoms with Gasteiger partial charge in [0.15, 0.2) is 0 Å². The highest BCUT2D eigenvalue weighted by molar-refractivity contribution is 5.16. The molecule has 2 aliphatic rings. The molecule has 0 bridgehead atoms. The van der Waals surface area contributed by atoms with Crippen molar-refractivity contribution in [1.82, 2.24) is 21.3 Å². The van der Waals surface area contributed by atoms with Crippen LogP contribution in [0.25, 0.3) is 0 Å². The second-order valence-electron chi connectivity index (χ2n) is 5.12. The summed E-state index contributed by atoms with van der Waals surface area (Å²) in [6, 6.07) is 0.456. The third-order valence-corrected chi connectivity index (χ3v) is 3.45. The third kappa shape index (κ3) is 2.23. The Morgan fingerprint density at radius 3 is 3.00 bits per heavy atom. The molecule has 4 heteroatoms. The Morgan fingerprint density at radius 2 is 2.38 bits per heavy atom. The molecule has 0 aromatic rings. The summed E-state index contributed by atoms with van der Waals surface area (Å²) in [6.07, 6.45) is 8.60. The molecule has 1 heterocycles. The van der Waals surface area contributed by atoms with Gasteiger partial charge >= 0.3 is 0 Å². The van der Waals surface area contributed by atoms with E-state index in [9.17, 15) is 0 Å². The molecule has 1 atom stereocenters. The van der Waals surface area contributed by atoms with Crippen molar-refractivity contribution in [3.63, 3.8) is 0 Å². The molecular weight excluding hydrogens is 200 g/mol. The molecule has 0 saturated carbocycles. The van der Waals surface area contributed by atoms with E-state index in [2.05, 4.69) is 48.1 Å². The number of hydrazine groups is 2. The molecule has 1 aliphatic carbocycles. The molecule has 0 aromatic carbocycles. The van der Waals surface area contributed by atoms with E-state index < -0.39 is 0 Å². The van der Waals surface area contributed by atoms with Gasteiger partial charge in [-0.3, -0.25) is 5.01 Å². The molecule has 90 valence electrons.